The molecule has 0 fully saturated rings. The topological polar surface area (TPSA) is 86.9 Å². The second kappa shape index (κ2) is 12.0. The lowest BCUT2D eigenvalue weighted by Crippen LogP contribution is -2.16. The number of esters is 2. The molecule has 1 heterocycles. The molecule has 4 rings (SSSR count). The summed E-state index contributed by atoms with van der Waals surface area (Å²) in [7, 11) is 0. The minimum Gasteiger partial charge on any atom is -0.466 e. The minimum absolute atomic E-state index is 0.00902. The number of hydrogen-bond acceptors (Lipinski definition) is 6. The molecule has 0 amide bonds. The number of rotatable bonds is 9. The van der Waals surface area contributed by atoms with Gasteiger partial charge in [-0.2, -0.15) is 13.2 Å². The molecular weight excluding hydrogens is 572 g/mol. The van der Waals surface area contributed by atoms with E-state index in [0.29, 0.717) is 5.52 Å². The maximum absolute atomic E-state index is 13.2. The van der Waals surface area contributed by atoms with Gasteiger partial charge < -0.3 is 23.9 Å². The number of alkyl halides is 6. The summed E-state index contributed by atoms with van der Waals surface area (Å²) in [6.07, 6.45) is -9.83. The standard InChI is InChI=1S/C29H23F6NO6/c1-3-39-23(37)15-21-26(27(38)40-4-2)25-20(36-21)13-14-22(41-18-11-7-17(8-12-18)28(30,31)32)24(25)16-5-9-19(10-6-16)42-29(33,34)35/h5-14,36H,3-4,15H2,1-2H3. The number of fused-ring (bicyclic) bond motifs is 1. The Labute approximate surface area is 234 Å². The van der Waals surface area contributed by atoms with Crippen LogP contribution in [0.2, 0.25) is 0 Å². The van der Waals surface area contributed by atoms with Gasteiger partial charge in [0.25, 0.3) is 0 Å². The maximum Gasteiger partial charge on any atom is 0.573 e. The highest BCUT2D eigenvalue weighted by molar-refractivity contribution is 6.13. The van der Waals surface area contributed by atoms with E-state index in [1.807, 2.05) is 0 Å². The smallest absolute Gasteiger partial charge is 0.466 e. The number of ether oxygens (including phenoxy) is 4. The zero-order valence-corrected chi connectivity index (χ0v) is 22.1. The van der Waals surface area contributed by atoms with Gasteiger partial charge in [0.05, 0.1) is 30.8 Å². The summed E-state index contributed by atoms with van der Waals surface area (Å²) < 4.78 is 97.6. The van der Waals surface area contributed by atoms with Crippen molar-refractivity contribution in [2.45, 2.75) is 32.8 Å². The van der Waals surface area contributed by atoms with E-state index in [2.05, 4.69) is 9.72 Å². The van der Waals surface area contributed by atoms with Gasteiger partial charge in [-0.3, -0.25) is 4.79 Å². The largest absolute Gasteiger partial charge is 0.573 e. The number of halogens is 6. The summed E-state index contributed by atoms with van der Waals surface area (Å²) in [6, 6.07) is 11.6. The lowest BCUT2D eigenvalue weighted by Gasteiger charge is -2.16. The molecule has 42 heavy (non-hydrogen) atoms. The Balaban J connectivity index is 1.92. The Kier molecular flexibility index (Phi) is 8.69. The number of H-pyrrole nitrogens is 1. The molecule has 0 aliphatic rings. The van der Waals surface area contributed by atoms with Crippen molar-refractivity contribution in [3.8, 4) is 28.4 Å². The highest BCUT2D eigenvalue weighted by atomic mass is 19.4. The van der Waals surface area contributed by atoms with E-state index in [0.717, 1.165) is 36.4 Å². The van der Waals surface area contributed by atoms with Gasteiger partial charge in [0, 0.05) is 22.2 Å². The lowest BCUT2D eigenvalue weighted by molar-refractivity contribution is -0.274. The Morgan fingerprint density at radius 3 is 1.98 bits per heavy atom. The van der Waals surface area contributed by atoms with Gasteiger partial charge in [-0.15, -0.1) is 13.2 Å². The normalized spacial score (nSPS) is 11.8. The van der Waals surface area contributed by atoms with Crippen LogP contribution in [0.5, 0.6) is 17.2 Å². The number of aromatic amines is 1. The van der Waals surface area contributed by atoms with Crippen LogP contribution in [-0.2, 0) is 26.9 Å². The van der Waals surface area contributed by atoms with E-state index in [4.69, 9.17) is 14.2 Å². The van der Waals surface area contributed by atoms with Crippen LogP contribution in [0.25, 0.3) is 22.0 Å². The second-order valence-corrected chi connectivity index (χ2v) is 8.74. The summed E-state index contributed by atoms with van der Waals surface area (Å²) in [5.41, 5.74) is 0.0345. The van der Waals surface area contributed by atoms with Crippen LogP contribution >= 0.6 is 0 Å². The van der Waals surface area contributed by atoms with Gasteiger partial charge in [-0.1, -0.05) is 12.1 Å². The zero-order valence-electron chi connectivity index (χ0n) is 22.1. The molecule has 0 saturated heterocycles. The number of carbonyl (C=O) groups is 2. The van der Waals surface area contributed by atoms with Crippen molar-refractivity contribution >= 4 is 22.8 Å². The fourth-order valence-corrected chi connectivity index (χ4v) is 4.27. The first-order valence-corrected chi connectivity index (χ1v) is 12.5. The predicted molar refractivity (Wildman–Crippen MR) is 138 cm³/mol. The summed E-state index contributed by atoms with van der Waals surface area (Å²) >= 11 is 0. The molecule has 7 nitrogen and oxygen atoms in total. The molecule has 0 aliphatic heterocycles. The van der Waals surface area contributed by atoms with Crippen LogP contribution in [0.4, 0.5) is 26.3 Å². The van der Waals surface area contributed by atoms with Gasteiger partial charge in [0.2, 0.25) is 0 Å². The number of hydrogen-bond donors (Lipinski definition) is 1. The minimum atomic E-state index is -4.93. The van der Waals surface area contributed by atoms with Gasteiger partial charge in [0.1, 0.15) is 17.2 Å². The van der Waals surface area contributed by atoms with Crippen LogP contribution < -0.4 is 9.47 Å². The van der Waals surface area contributed by atoms with Crippen molar-refractivity contribution in [1.29, 1.82) is 0 Å². The second-order valence-electron chi connectivity index (χ2n) is 8.74. The third kappa shape index (κ3) is 6.96. The third-order valence-corrected chi connectivity index (χ3v) is 5.90. The SMILES string of the molecule is CCOC(=O)Cc1[nH]c2ccc(Oc3ccc(C(F)(F)F)cc3)c(-c3ccc(OC(F)(F)F)cc3)c2c1C(=O)OCC. The average molecular weight is 595 g/mol. The van der Waals surface area contributed by atoms with Crippen molar-refractivity contribution in [1.82, 2.24) is 4.98 Å². The van der Waals surface area contributed by atoms with E-state index < -0.39 is 35.8 Å². The molecule has 222 valence electrons. The molecule has 0 saturated carbocycles. The van der Waals surface area contributed by atoms with Crippen LogP contribution in [0, 0.1) is 0 Å². The molecular formula is C29H23F6NO6. The summed E-state index contributed by atoms with van der Waals surface area (Å²) in [5.74, 6) is -1.87. The highest BCUT2D eigenvalue weighted by Crippen LogP contribution is 2.43. The quantitative estimate of drug-likeness (QED) is 0.157. The first-order chi connectivity index (χ1) is 19.8. The first kappa shape index (κ1) is 30.3. The Morgan fingerprint density at radius 1 is 0.786 bits per heavy atom. The summed E-state index contributed by atoms with van der Waals surface area (Å²) in [6.45, 7) is 3.28. The monoisotopic (exact) mass is 595 g/mol. The highest BCUT2D eigenvalue weighted by Gasteiger charge is 2.32. The van der Waals surface area contributed by atoms with Crippen LogP contribution in [-0.4, -0.2) is 36.5 Å². The Hall–Kier alpha value is -4.68. The molecule has 13 heteroatoms. The Morgan fingerprint density at radius 2 is 1.40 bits per heavy atom. The predicted octanol–water partition coefficient (Wildman–Crippen LogP) is 7.83. The van der Waals surface area contributed by atoms with Crippen LogP contribution in [0.15, 0.2) is 60.7 Å². The van der Waals surface area contributed by atoms with Gasteiger partial charge in [-0.25, -0.2) is 4.79 Å². The fourth-order valence-electron chi connectivity index (χ4n) is 4.27. The molecule has 0 aliphatic carbocycles. The molecule has 0 atom stereocenters. The number of nitrogens with one attached hydrogen (secondary N) is 1. The number of aromatic nitrogens is 1. The van der Waals surface area contributed by atoms with E-state index in [-0.39, 0.29) is 58.9 Å². The van der Waals surface area contributed by atoms with Gasteiger partial charge in [0.15, 0.2) is 0 Å². The van der Waals surface area contributed by atoms with Crippen molar-refractivity contribution in [3.63, 3.8) is 0 Å². The third-order valence-electron chi connectivity index (χ3n) is 5.90. The molecule has 0 unspecified atom stereocenters. The molecule has 0 bridgehead atoms. The van der Waals surface area contributed by atoms with Crippen molar-refractivity contribution < 1.29 is 54.9 Å². The van der Waals surface area contributed by atoms with Crippen molar-refractivity contribution in [3.05, 3.63) is 77.5 Å². The number of carbonyl (C=O) groups excluding carboxylic acids is 2. The lowest BCUT2D eigenvalue weighted by atomic mass is 9.96. The van der Waals surface area contributed by atoms with Gasteiger partial charge >= 0.3 is 24.5 Å². The maximum atomic E-state index is 13.2. The fraction of sp³-hybridized carbons (Fsp3) is 0.241. The van der Waals surface area contributed by atoms with Crippen molar-refractivity contribution in [2.75, 3.05) is 13.2 Å². The number of benzene rings is 3. The van der Waals surface area contributed by atoms with E-state index in [1.54, 1.807) is 13.8 Å². The average Bonchev–Trinajstić information content (AvgIpc) is 3.26. The summed E-state index contributed by atoms with van der Waals surface area (Å²) in [5, 5.41) is 0.210. The zero-order chi connectivity index (χ0) is 30.7. The van der Waals surface area contributed by atoms with E-state index in [9.17, 15) is 35.9 Å². The molecule has 0 radical (unpaired) electrons. The van der Waals surface area contributed by atoms with Crippen LogP contribution in [0.3, 0.4) is 0 Å². The van der Waals surface area contributed by atoms with Gasteiger partial charge in [-0.05, 0) is 67.9 Å². The molecule has 4 aromatic rings. The Bertz CT molecular complexity index is 1570. The molecule has 1 aromatic heterocycles. The molecule has 0 spiro atoms. The molecule has 3 aromatic carbocycles. The van der Waals surface area contributed by atoms with Crippen molar-refractivity contribution in [2.24, 2.45) is 0 Å². The summed E-state index contributed by atoms with van der Waals surface area (Å²) in [4.78, 5) is 28.5. The first-order valence-electron chi connectivity index (χ1n) is 12.5. The molecule has 1 N–H and O–H groups in total. The van der Waals surface area contributed by atoms with Crippen LogP contribution in [0.1, 0.15) is 35.5 Å². The van der Waals surface area contributed by atoms with E-state index in [1.165, 1.54) is 24.3 Å². The van der Waals surface area contributed by atoms with E-state index >= 15 is 0 Å².